The third-order valence-electron chi connectivity index (χ3n) is 5.88. The Hall–Kier alpha value is -2.46. The first-order valence-corrected chi connectivity index (χ1v) is 9.37. The summed E-state index contributed by atoms with van der Waals surface area (Å²) < 4.78 is 18.7. The van der Waals surface area contributed by atoms with Gasteiger partial charge in [-0.2, -0.15) is 0 Å². The van der Waals surface area contributed by atoms with E-state index in [-0.39, 0.29) is 22.8 Å². The Morgan fingerprint density at radius 1 is 1.00 bits per heavy atom. The van der Waals surface area contributed by atoms with Crippen LogP contribution in [0.25, 0.3) is 16.7 Å². The Morgan fingerprint density at radius 3 is 2.33 bits per heavy atom. The van der Waals surface area contributed by atoms with Gasteiger partial charge in [0.1, 0.15) is 11.6 Å². The van der Waals surface area contributed by atoms with Crippen LogP contribution in [-0.2, 0) is 9.53 Å². The van der Waals surface area contributed by atoms with E-state index < -0.39 is 0 Å². The molecule has 1 heterocycles. The standard InChI is InChI=1S/C23H23FO3/c1-15-2-3-17(16-4-6-18(24)7-5-16)12-19(15)22-20(25)13-23(14-21(22)26)8-10-27-11-9-23/h2-7,12,25H,8-11,13-14H2,1H3. The van der Waals surface area contributed by atoms with Crippen molar-refractivity contribution in [2.45, 2.75) is 32.6 Å². The lowest BCUT2D eigenvalue weighted by molar-refractivity contribution is -0.118. The van der Waals surface area contributed by atoms with Crippen LogP contribution in [0.1, 0.15) is 36.8 Å². The van der Waals surface area contributed by atoms with Gasteiger partial charge >= 0.3 is 0 Å². The zero-order valence-electron chi connectivity index (χ0n) is 15.4. The summed E-state index contributed by atoms with van der Waals surface area (Å²) in [6.45, 7) is 3.24. The molecule has 0 radical (unpaired) electrons. The van der Waals surface area contributed by atoms with Crippen LogP contribution < -0.4 is 0 Å². The summed E-state index contributed by atoms with van der Waals surface area (Å²) in [6, 6.07) is 12.1. The Morgan fingerprint density at radius 2 is 1.67 bits per heavy atom. The summed E-state index contributed by atoms with van der Waals surface area (Å²) in [7, 11) is 0. The van der Waals surface area contributed by atoms with E-state index >= 15 is 0 Å². The summed E-state index contributed by atoms with van der Waals surface area (Å²) in [5, 5.41) is 10.8. The number of hydrogen-bond donors (Lipinski definition) is 1. The molecule has 27 heavy (non-hydrogen) atoms. The molecule has 0 atom stereocenters. The van der Waals surface area contributed by atoms with E-state index in [1.54, 1.807) is 12.1 Å². The summed E-state index contributed by atoms with van der Waals surface area (Å²) in [5.74, 6) is -0.0943. The molecule has 0 amide bonds. The fourth-order valence-electron chi connectivity index (χ4n) is 4.27. The molecule has 1 aliphatic carbocycles. The molecule has 4 rings (SSSR count). The third kappa shape index (κ3) is 3.42. The van der Waals surface area contributed by atoms with E-state index in [0.29, 0.717) is 31.6 Å². The molecule has 0 bridgehead atoms. The Kier molecular flexibility index (Phi) is 4.60. The first-order chi connectivity index (χ1) is 13.0. The first-order valence-electron chi connectivity index (χ1n) is 9.37. The minimum Gasteiger partial charge on any atom is -0.512 e. The highest BCUT2D eigenvalue weighted by Crippen LogP contribution is 2.46. The molecule has 0 saturated carbocycles. The van der Waals surface area contributed by atoms with Crippen LogP contribution in [-0.4, -0.2) is 24.1 Å². The number of aliphatic hydroxyl groups is 1. The minimum atomic E-state index is -0.282. The monoisotopic (exact) mass is 366 g/mol. The fourth-order valence-corrected chi connectivity index (χ4v) is 4.27. The molecule has 1 spiro atoms. The zero-order chi connectivity index (χ0) is 19.0. The van der Waals surface area contributed by atoms with Crippen molar-refractivity contribution < 1.29 is 19.0 Å². The smallest absolute Gasteiger partial charge is 0.167 e. The maximum atomic E-state index is 13.2. The lowest BCUT2D eigenvalue weighted by Gasteiger charge is -2.39. The predicted octanol–water partition coefficient (Wildman–Crippen LogP) is 5.23. The molecular formula is C23H23FO3. The number of aryl methyl sites for hydroxylation is 1. The number of ether oxygens (including phenoxy) is 1. The van der Waals surface area contributed by atoms with Crippen molar-refractivity contribution in [3.8, 4) is 11.1 Å². The second-order valence-corrected chi connectivity index (χ2v) is 7.75. The molecule has 0 unspecified atom stereocenters. The SMILES string of the molecule is Cc1ccc(-c2ccc(F)cc2)cc1C1=C(O)CC2(CCOCC2)CC1=O. The van der Waals surface area contributed by atoms with Gasteiger partial charge in [0.05, 0.1) is 5.57 Å². The topological polar surface area (TPSA) is 46.5 Å². The molecule has 0 aromatic heterocycles. The fraction of sp³-hybridized carbons (Fsp3) is 0.348. The lowest BCUT2D eigenvalue weighted by atomic mass is 9.67. The van der Waals surface area contributed by atoms with Gasteiger partial charge in [-0.05, 0) is 65.6 Å². The van der Waals surface area contributed by atoms with Gasteiger partial charge in [0.25, 0.3) is 0 Å². The van der Waals surface area contributed by atoms with Crippen molar-refractivity contribution in [3.63, 3.8) is 0 Å². The number of aliphatic hydroxyl groups excluding tert-OH is 1. The van der Waals surface area contributed by atoms with Crippen molar-refractivity contribution in [2.75, 3.05) is 13.2 Å². The van der Waals surface area contributed by atoms with E-state index in [9.17, 15) is 14.3 Å². The maximum Gasteiger partial charge on any atom is 0.167 e. The van der Waals surface area contributed by atoms with Crippen molar-refractivity contribution in [1.29, 1.82) is 0 Å². The number of hydrogen-bond acceptors (Lipinski definition) is 3. The Balaban J connectivity index is 1.74. The summed E-state index contributed by atoms with van der Waals surface area (Å²) in [5.41, 5.74) is 3.76. The Labute approximate surface area is 158 Å². The van der Waals surface area contributed by atoms with Crippen molar-refractivity contribution in [1.82, 2.24) is 0 Å². The van der Waals surface area contributed by atoms with Crippen LogP contribution in [0.4, 0.5) is 4.39 Å². The van der Waals surface area contributed by atoms with Crippen LogP contribution in [0.2, 0.25) is 0 Å². The van der Waals surface area contributed by atoms with Crippen LogP contribution in [0.3, 0.4) is 0 Å². The average molecular weight is 366 g/mol. The van der Waals surface area contributed by atoms with E-state index in [1.807, 2.05) is 25.1 Å². The molecule has 1 saturated heterocycles. The number of rotatable bonds is 2. The normalized spacial score (nSPS) is 19.6. The van der Waals surface area contributed by atoms with Crippen molar-refractivity contribution in [3.05, 3.63) is 65.2 Å². The molecule has 3 nitrogen and oxygen atoms in total. The largest absolute Gasteiger partial charge is 0.512 e. The summed E-state index contributed by atoms with van der Waals surface area (Å²) in [4.78, 5) is 13.0. The molecule has 4 heteroatoms. The molecule has 140 valence electrons. The van der Waals surface area contributed by atoms with Gasteiger partial charge < -0.3 is 9.84 Å². The van der Waals surface area contributed by atoms with E-state index in [0.717, 1.165) is 35.1 Å². The number of benzene rings is 2. The molecule has 2 aromatic rings. The highest BCUT2D eigenvalue weighted by molar-refractivity contribution is 6.22. The van der Waals surface area contributed by atoms with E-state index in [4.69, 9.17) is 4.74 Å². The highest BCUT2D eigenvalue weighted by Gasteiger charge is 2.41. The number of ketones is 1. The van der Waals surface area contributed by atoms with Crippen molar-refractivity contribution in [2.24, 2.45) is 5.41 Å². The predicted molar refractivity (Wildman–Crippen MR) is 103 cm³/mol. The molecule has 2 aromatic carbocycles. The second-order valence-electron chi connectivity index (χ2n) is 7.75. The van der Waals surface area contributed by atoms with Crippen LogP contribution in [0, 0.1) is 18.2 Å². The van der Waals surface area contributed by atoms with Gasteiger partial charge in [-0.15, -0.1) is 0 Å². The van der Waals surface area contributed by atoms with Gasteiger partial charge in [0.2, 0.25) is 0 Å². The maximum absolute atomic E-state index is 13.2. The van der Waals surface area contributed by atoms with Crippen LogP contribution in [0.5, 0.6) is 0 Å². The van der Waals surface area contributed by atoms with E-state index in [1.165, 1.54) is 12.1 Å². The lowest BCUT2D eigenvalue weighted by Crippen LogP contribution is -2.36. The number of halogens is 1. The van der Waals surface area contributed by atoms with Crippen LogP contribution >= 0.6 is 0 Å². The Bertz CT molecular complexity index is 906. The third-order valence-corrected chi connectivity index (χ3v) is 5.88. The molecule has 1 N–H and O–H groups in total. The van der Waals surface area contributed by atoms with Gasteiger partial charge in [-0.3, -0.25) is 4.79 Å². The van der Waals surface area contributed by atoms with E-state index in [2.05, 4.69) is 0 Å². The quantitative estimate of drug-likeness (QED) is 0.792. The molecule has 1 aliphatic heterocycles. The van der Waals surface area contributed by atoms with Gasteiger partial charge in [-0.25, -0.2) is 4.39 Å². The number of carbonyl (C=O) groups is 1. The first kappa shape index (κ1) is 17.9. The number of Topliss-reactive ketones (excluding diaryl/α,β-unsaturated/α-hetero) is 1. The molecular weight excluding hydrogens is 343 g/mol. The highest BCUT2D eigenvalue weighted by atomic mass is 19.1. The van der Waals surface area contributed by atoms with Gasteiger partial charge in [0, 0.05) is 26.1 Å². The number of allylic oxidation sites excluding steroid dienone is 2. The van der Waals surface area contributed by atoms with Crippen molar-refractivity contribution >= 4 is 11.4 Å². The average Bonchev–Trinajstić information content (AvgIpc) is 2.64. The summed E-state index contributed by atoms with van der Waals surface area (Å²) in [6.07, 6.45) is 2.60. The minimum absolute atomic E-state index is 0.00000567. The zero-order valence-corrected chi connectivity index (χ0v) is 15.4. The number of carbonyl (C=O) groups excluding carboxylic acids is 1. The molecule has 1 fully saturated rings. The van der Waals surface area contributed by atoms with Gasteiger partial charge in [-0.1, -0.05) is 24.3 Å². The second kappa shape index (κ2) is 6.93. The van der Waals surface area contributed by atoms with Crippen LogP contribution in [0.15, 0.2) is 48.2 Å². The van der Waals surface area contributed by atoms with Gasteiger partial charge in [0.15, 0.2) is 5.78 Å². The molecule has 2 aliphatic rings. The summed E-state index contributed by atoms with van der Waals surface area (Å²) >= 11 is 0.